The average molecular weight is 309 g/mol. The number of hydrogen-bond donors (Lipinski definition) is 1. The lowest BCUT2D eigenvalue weighted by Crippen LogP contribution is -2.14. The van der Waals surface area contributed by atoms with Crippen molar-refractivity contribution in [3.8, 4) is 0 Å². The molecule has 120 valence electrons. The standard InChI is InChI=1S/C20H23NO2/c1-13-5-6-15(3)18(11-13)19(22)9-10-20(23)21-17-8-7-14(2)16(4)12-17/h5-8,11-12H,9-10H2,1-4H3,(H,21,23). The molecule has 1 N–H and O–H groups in total. The first-order chi connectivity index (χ1) is 10.9. The van der Waals surface area contributed by atoms with E-state index in [4.69, 9.17) is 0 Å². The Morgan fingerprint density at radius 2 is 1.52 bits per heavy atom. The third kappa shape index (κ3) is 4.52. The highest BCUT2D eigenvalue weighted by Gasteiger charge is 2.12. The van der Waals surface area contributed by atoms with Gasteiger partial charge in [0.05, 0.1) is 0 Å². The fourth-order valence-corrected chi connectivity index (χ4v) is 2.44. The van der Waals surface area contributed by atoms with Crippen LogP contribution in [0.4, 0.5) is 5.69 Å². The molecule has 0 fully saturated rings. The zero-order valence-corrected chi connectivity index (χ0v) is 14.2. The van der Waals surface area contributed by atoms with Crippen molar-refractivity contribution in [2.45, 2.75) is 40.5 Å². The van der Waals surface area contributed by atoms with E-state index in [2.05, 4.69) is 5.32 Å². The Balaban J connectivity index is 1.94. The molecule has 2 aromatic carbocycles. The molecule has 0 aliphatic carbocycles. The van der Waals surface area contributed by atoms with Crippen LogP contribution in [-0.4, -0.2) is 11.7 Å². The highest BCUT2D eigenvalue weighted by molar-refractivity contribution is 6.01. The van der Waals surface area contributed by atoms with Gasteiger partial charge in [-0.15, -0.1) is 0 Å². The van der Waals surface area contributed by atoms with Crippen LogP contribution in [0.5, 0.6) is 0 Å². The van der Waals surface area contributed by atoms with Crippen molar-refractivity contribution in [3.05, 3.63) is 64.2 Å². The number of ketones is 1. The molecule has 0 bridgehead atoms. The normalized spacial score (nSPS) is 10.4. The van der Waals surface area contributed by atoms with Gasteiger partial charge >= 0.3 is 0 Å². The predicted octanol–water partition coefficient (Wildman–Crippen LogP) is 4.52. The number of nitrogens with one attached hydrogen (secondary N) is 1. The fourth-order valence-electron chi connectivity index (χ4n) is 2.44. The Morgan fingerprint density at radius 1 is 0.826 bits per heavy atom. The van der Waals surface area contributed by atoms with E-state index in [1.165, 1.54) is 5.56 Å². The van der Waals surface area contributed by atoms with Gasteiger partial charge in [-0.25, -0.2) is 0 Å². The molecule has 0 saturated heterocycles. The summed E-state index contributed by atoms with van der Waals surface area (Å²) < 4.78 is 0. The van der Waals surface area contributed by atoms with Crippen LogP contribution in [0.1, 0.15) is 45.5 Å². The maximum Gasteiger partial charge on any atom is 0.224 e. The summed E-state index contributed by atoms with van der Waals surface area (Å²) in [4.78, 5) is 24.3. The number of carbonyl (C=O) groups excluding carboxylic acids is 2. The van der Waals surface area contributed by atoms with Crippen LogP contribution in [0.25, 0.3) is 0 Å². The lowest BCUT2D eigenvalue weighted by molar-refractivity contribution is -0.116. The van der Waals surface area contributed by atoms with Crippen molar-refractivity contribution < 1.29 is 9.59 Å². The largest absolute Gasteiger partial charge is 0.326 e. The molecule has 0 atom stereocenters. The number of carbonyl (C=O) groups is 2. The van der Waals surface area contributed by atoms with E-state index in [1.54, 1.807) is 0 Å². The minimum absolute atomic E-state index is 0.0152. The van der Waals surface area contributed by atoms with Gasteiger partial charge in [0.15, 0.2) is 5.78 Å². The predicted molar refractivity (Wildman–Crippen MR) is 94.0 cm³/mol. The summed E-state index contributed by atoms with van der Waals surface area (Å²) in [5.41, 5.74) is 5.82. The molecule has 0 spiro atoms. The van der Waals surface area contributed by atoms with E-state index < -0.39 is 0 Å². The first kappa shape index (κ1) is 16.9. The van der Waals surface area contributed by atoms with Gasteiger partial charge in [0, 0.05) is 24.1 Å². The van der Waals surface area contributed by atoms with E-state index in [-0.39, 0.29) is 24.5 Å². The van der Waals surface area contributed by atoms with E-state index in [1.807, 2.05) is 64.1 Å². The molecule has 0 unspecified atom stereocenters. The summed E-state index contributed by atoms with van der Waals surface area (Å²) in [6, 6.07) is 11.6. The smallest absolute Gasteiger partial charge is 0.224 e. The van der Waals surface area contributed by atoms with Crippen LogP contribution in [0, 0.1) is 27.7 Å². The highest BCUT2D eigenvalue weighted by atomic mass is 16.2. The van der Waals surface area contributed by atoms with Crippen LogP contribution in [0.3, 0.4) is 0 Å². The minimum atomic E-state index is -0.132. The van der Waals surface area contributed by atoms with E-state index in [0.29, 0.717) is 5.56 Å². The number of benzene rings is 2. The van der Waals surface area contributed by atoms with Gasteiger partial charge in [0.25, 0.3) is 0 Å². The summed E-state index contributed by atoms with van der Waals surface area (Å²) in [7, 11) is 0. The van der Waals surface area contributed by atoms with Crippen molar-refractivity contribution in [1.29, 1.82) is 0 Å². The van der Waals surface area contributed by atoms with E-state index >= 15 is 0 Å². The van der Waals surface area contributed by atoms with Crippen LogP contribution < -0.4 is 5.32 Å². The number of amides is 1. The molecule has 0 aliphatic rings. The molecule has 3 heteroatoms. The minimum Gasteiger partial charge on any atom is -0.326 e. The Labute approximate surface area is 137 Å². The molecular formula is C20H23NO2. The Kier molecular flexibility index (Phi) is 5.32. The van der Waals surface area contributed by atoms with Crippen molar-refractivity contribution in [1.82, 2.24) is 0 Å². The van der Waals surface area contributed by atoms with Crippen LogP contribution in [0.15, 0.2) is 36.4 Å². The number of rotatable bonds is 5. The van der Waals surface area contributed by atoms with E-state index in [9.17, 15) is 9.59 Å². The van der Waals surface area contributed by atoms with Crippen molar-refractivity contribution in [3.63, 3.8) is 0 Å². The Morgan fingerprint density at radius 3 is 2.22 bits per heavy atom. The zero-order valence-electron chi connectivity index (χ0n) is 14.2. The molecule has 1 amide bonds. The molecular weight excluding hydrogens is 286 g/mol. The SMILES string of the molecule is Cc1ccc(C)c(C(=O)CCC(=O)Nc2ccc(C)c(C)c2)c1. The quantitative estimate of drug-likeness (QED) is 0.825. The van der Waals surface area contributed by atoms with Crippen molar-refractivity contribution >= 4 is 17.4 Å². The lowest BCUT2D eigenvalue weighted by atomic mass is 9.99. The lowest BCUT2D eigenvalue weighted by Gasteiger charge is -2.08. The second-order valence-electron chi connectivity index (χ2n) is 6.09. The van der Waals surface area contributed by atoms with Gasteiger partial charge in [-0.2, -0.15) is 0 Å². The van der Waals surface area contributed by atoms with Gasteiger partial charge in [0.1, 0.15) is 0 Å². The first-order valence-electron chi connectivity index (χ1n) is 7.84. The number of aryl methyl sites for hydroxylation is 4. The summed E-state index contributed by atoms with van der Waals surface area (Å²) in [6.45, 7) is 7.92. The van der Waals surface area contributed by atoms with Gasteiger partial charge in [-0.05, 0) is 62.6 Å². The number of Topliss-reactive ketones (excluding diaryl/α,β-unsaturated/α-hetero) is 1. The topological polar surface area (TPSA) is 46.2 Å². The summed E-state index contributed by atoms with van der Waals surface area (Å²) >= 11 is 0. The molecule has 0 aromatic heterocycles. The van der Waals surface area contributed by atoms with Gasteiger partial charge < -0.3 is 5.32 Å². The third-order valence-corrected chi connectivity index (χ3v) is 4.06. The molecule has 2 rings (SSSR count). The van der Waals surface area contributed by atoms with Crippen molar-refractivity contribution in [2.24, 2.45) is 0 Å². The second kappa shape index (κ2) is 7.23. The Bertz CT molecular complexity index is 747. The average Bonchev–Trinajstić information content (AvgIpc) is 2.51. The number of hydrogen-bond acceptors (Lipinski definition) is 2. The maximum atomic E-state index is 12.3. The Hall–Kier alpha value is -2.42. The zero-order chi connectivity index (χ0) is 17.0. The monoisotopic (exact) mass is 309 g/mol. The van der Waals surface area contributed by atoms with E-state index in [0.717, 1.165) is 22.4 Å². The second-order valence-corrected chi connectivity index (χ2v) is 6.09. The molecule has 3 nitrogen and oxygen atoms in total. The molecule has 23 heavy (non-hydrogen) atoms. The van der Waals surface area contributed by atoms with Gasteiger partial charge in [0.2, 0.25) is 5.91 Å². The third-order valence-electron chi connectivity index (χ3n) is 4.06. The van der Waals surface area contributed by atoms with Crippen LogP contribution >= 0.6 is 0 Å². The van der Waals surface area contributed by atoms with Gasteiger partial charge in [-0.1, -0.05) is 23.8 Å². The fraction of sp³-hybridized carbons (Fsp3) is 0.300. The molecule has 2 aromatic rings. The van der Waals surface area contributed by atoms with Gasteiger partial charge in [-0.3, -0.25) is 9.59 Å². The van der Waals surface area contributed by atoms with Crippen LogP contribution in [0.2, 0.25) is 0 Å². The summed E-state index contributed by atoms with van der Waals surface area (Å²) in [5, 5.41) is 2.85. The number of anilines is 1. The molecule has 0 radical (unpaired) electrons. The molecule has 0 saturated carbocycles. The maximum absolute atomic E-state index is 12.3. The summed E-state index contributed by atoms with van der Waals surface area (Å²) in [5.74, 6) is -0.117. The molecule has 0 heterocycles. The first-order valence-corrected chi connectivity index (χ1v) is 7.84. The summed E-state index contributed by atoms with van der Waals surface area (Å²) in [6.07, 6.45) is 0.417. The molecule has 0 aliphatic heterocycles. The van der Waals surface area contributed by atoms with Crippen LogP contribution in [-0.2, 0) is 4.79 Å². The highest BCUT2D eigenvalue weighted by Crippen LogP contribution is 2.16. The van der Waals surface area contributed by atoms with Crippen molar-refractivity contribution in [2.75, 3.05) is 5.32 Å².